The average molecular weight is 397 g/mol. The first-order chi connectivity index (χ1) is 11.9. The molecule has 0 unspecified atom stereocenters. The smallest absolute Gasteiger partial charge is 0.275 e. The van der Waals surface area contributed by atoms with Crippen molar-refractivity contribution in [1.29, 1.82) is 0 Å². The van der Waals surface area contributed by atoms with E-state index in [1.165, 1.54) is 51.9 Å². The van der Waals surface area contributed by atoms with Crippen molar-refractivity contribution in [2.45, 2.75) is 37.3 Å². The number of anilines is 1. The normalized spacial score (nSPS) is 11.4. The molecule has 3 aromatic rings. The molecule has 25 heavy (non-hydrogen) atoms. The Labute approximate surface area is 155 Å². The quantitative estimate of drug-likeness (QED) is 0.504. The fourth-order valence-corrected chi connectivity index (χ4v) is 4.83. The van der Waals surface area contributed by atoms with Crippen LogP contribution < -0.4 is 10.9 Å². The minimum absolute atomic E-state index is 0.178. The second-order valence-electron chi connectivity index (χ2n) is 5.72. The molecule has 0 bridgehead atoms. The van der Waals surface area contributed by atoms with Crippen molar-refractivity contribution in [3.05, 3.63) is 27.1 Å². The number of rotatable bonds is 6. The number of amides is 1. The number of carbonyl (C=O) groups is 1. The van der Waals surface area contributed by atoms with E-state index in [9.17, 15) is 9.59 Å². The third kappa shape index (κ3) is 4.61. The molecule has 132 valence electrons. The van der Waals surface area contributed by atoms with Gasteiger partial charge >= 0.3 is 0 Å². The van der Waals surface area contributed by atoms with E-state index in [0.29, 0.717) is 31.8 Å². The predicted octanol–water partition coefficient (Wildman–Crippen LogP) is 2.45. The number of nitrogens with one attached hydrogen (secondary N) is 1. The topological polar surface area (TPSA) is 102 Å². The first-order valence-electron chi connectivity index (χ1n) is 7.53. The molecular formula is C14H16N6O2S3. The molecule has 0 atom stereocenters. The van der Waals surface area contributed by atoms with Crippen LogP contribution in [0.5, 0.6) is 0 Å². The Morgan fingerprint density at radius 2 is 2.16 bits per heavy atom. The molecule has 3 aromatic heterocycles. The lowest BCUT2D eigenvalue weighted by molar-refractivity contribution is -0.114. The van der Waals surface area contributed by atoms with Crippen molar-refractivity contribution in [2.75, 3.05) is 5.32 Å². The van der Waals surface area contributed by atoms with Crippen LogP contribution in [0.1, 0.15) is 31.5 Å². The van der Waals surface area contributed by atoms with Crippen LogP contribution in [0.25, 0.3) is 4.96 Å². The van der Waals surface area contributed by atoms with E-state index in [-0.39, 0.29) is 11.5 Å². The van der Waals surface area contributed by atoms with Gasteiger partial charge in [-0.3, -0.25) is 9.59 Å². The van der Waals surface area contributed by atoms with Crippen molar-refractivity contribution < 1.29 is 4.79 Å². The Bertz CT molecular complexity index is 961. The van der Waals surface area contributed by atoms with Crippen LogP contribution in [0.3, 0.4) is 0 Å². The van der Waals surface area contributed by atoms with Crippen molar-refractivity contribution >= 4 is 50.4 Å². The van der Waals surface area contributed by atoms with Crippen LogP contribution >= 0.6 is 34.4 Å². The molecule has 3 rings (SSSR count). The summed E-state index contributed by atoms with van der Waals surface area (Å²) in [6.45, 7) is 5.65. The largest absolute Gasteiger partial charge is 0.301 e. The summed E-state index contributed by atoms with van der Waals surface area (Å²) in [5, 5.41) is 16.2. The lowest BCUT2D eigenvalue weighted by Gasteiger charge is -1.97. The molecule has 0 spiro atoms. The molecule has 0 aliphatic rings. The number of thioether (sulfide) groups is 1. The zero-order valence-corrected chi connectivity index (χ0v) is 16.3. The lowest BCUT2D eigenvalue weighted by Crippen LogP contribution is -2.15. The average Bonchev–Trinajstić information content (AvgIpc) is 3.10. The second kappa shape index (κ2) is 7.58. The van der Waals surface area contributed by atoms with Gasteiger partial charge in [0.25, 0.3) is 5.56 Å². The fourth-order valence-electron chi connectivity index (χ4n) is 2.01. The summed E-state index contributed by atoms with van der Waals surface area (Å²) in [6, 6.07) is 1.49. The Morgan fingerprint density at radius 1 is 1.36 bits per heavy atom. The molecule has 3 heterocycles. The molecule has 0 fully saturated rings. The third-order valence-corrected chi connectivity index (χ3v) is 5.89. The van der Waals surface area contributed by atoms with Gasteiger partial charge < -0.3 is 5.32 Å². The van der Waals surface area contributed by atoms with E-state index in [2.05, 4.69) is 39.4 Å². The summed E-state index contributed by atoms with van der Waals surface area (Å²) in [6.07, 6.45) is 0.828. The zero-order valence-electron chi connectivity index (χ0n) is 13.8. The highest BCUT2D eigenvalue weighted by Gasteiger charge is 2.12. The lowest BCUT2D eigenvalue weighted by atomic mass is 10.1. The highest BCUT2D eigenvalue weighted by Crippen LogP contribution is 2.28. The maximum atomic E-state index is 12.2. The van der Waals surface area contributed by atoms with Crippen molar-refractivity contribution in [1.82, 2.24) is 24.8 Å². The Hall–Kier alpha value is -1.85. The highest BCUT2D eigenvalue weighted by molar-refractivity contribution is 8.00. The number of fused-ring (bicyclic) bond motifs is 1. The summed E-state index contributed by atoms with van der Waals surface area (Å²) in [7, 11) is 0. The van der Waals surface area contributed by atoms with E-state index >= 15 is 0 Å². The van der Waals surface area contributed by atoms with E-state index in [1.807, 2.05) is 0 Å². The molecule has 0 radical (unpaired) electrons. The molecule has 0 aliphatic heterocycles. The van der Waals surface area contributed by atoms with Gasteiger partial charge in [-0.05, 0) is 5.92 Å². The van der Waals surface area contributed by atoms with Gasteiger partial charge in [0.05, 0.1) is 5.69 Å². The molecular weight excluding hydrogens is 380 g/mol. The van der Waals surface area contributed by atoms with Gasteiger partial charge in [0.2, 0.25) is 16.0 Å². The summed E-state index contributed by atoms with van der Waals surface area (Å²) < 4.78 is 2.06. The molecule has 8 nitrogen and oxygen atoms in total. The predicted molar refractivity (Wildman–Crippen MR) is 99.4 cm³/mol. The molecule has 1 amide bonds. The van der Waals surface area contributed by atoms with Gasteiger partial charge in [0.1, 0.15) is 5.01 Å². The minimum Gasteiger partial charge on any atom is -0.301 e. The Morgan fingerprint density at radius 3 is 2.88 bits per heavy atom. The number of hydrogen-bond donors (Lipinski definition) is 1. The monoisotopic (exact) mass is 396 g/mol. The van der Waals surface area contributed by atoms with Crippen LogP contribution in [0.2, 0.25) is 0 Å². The molecule has 0 saturated carbocycles. The summed E-state index contributed by atoms with van der Waals surface area (Å²) in [5.74, 6) is 0.787. The second-order valence-corrected chi connectivity index (χ2v) is 8.96. The fraction of sp³-hybridized carbons (Fsp3) is 0.429. The first-order valence-corrected chi connectivity index (χ1v) is 10.1. The third-order valence-electron chi connectivity index (χ3n) is 2.96. The minimum atomic E-state index is -0.185. The van der Waals surface area contributed by atoms with Gasteiger partial charge in [-0.2, -0.15) is 9.61 Å². The van der Waals surface area contributed by atoms with Crippen LogP contribution in [0, 0.1) is 5.92 Å². The molecule has 0 aliphatic carbocycles. The summed E-state index contributed by atoms with van der Waals surface area (Å²) >= 11 is 4.16. The maximum Gasteiger partial charge on any atom is 0.275 e. The van der Waals surface area contributed by atoms with Crippen LogP contribution in [0.15, 0.2) is 15.2 Å². The number of hydrogen-bond acceptors (Lipinski definition) is 9. The standard InChI is InChI=1S/C14H16N6O2S3/c1-7(2)4-10-19-20-11(22)5-9(16-13(20)24-10)6-23-14-18-17-12(25-14)15-8(3)21/h5,7H,4,6H2,1-3H3,(H,15,17,21). The number of aromatic nitrogens is 5. The van der Waals surface area contributed by atoms with Gasteiger partial charge in [0, 0.05) is 25.2 Å². The van der Waals surface area contributed by atoms with E-state index in [1.54, 1.807) is 0 Å². The van der Waals surface area contributed by atoms with Gasteiger partial charge in [0.15, 0.2) is 4.34 Å². The van der Waals surface area contributed by atoms with Crippen LogP contribution in [-0.4, -0.2) is 30.7 Å². The van der Waals surface area contributed by atoms with Crippen molar-refractivity contribution in [2.24, 2.45) is 5.92 Å². The maximum absolute atomic E-state index is 12.2. The van der Waals surface area contributed by atoms with Crippen LogP contribution in [-0.2, 0) is 17.0 Å². The molecule has 0 aromatic carbocycles. The summed E-state index contributed by atoms with van der Waals surface area (Å²) in [5.41, 5.74) is 0.495. The summed E-state index contributed by atoms with van der Waals surface area (Å²) in [4.78, 5) is 28.3. The Balaban J connectivity index is 1.74. The van der Waals surface area contributed by atoms with Crippen LogP contribution in [0.4, 0.5) is 5.13 Å². The molecule has 0 saturated heterocycles. The number of nitrogens with zero attached hydrogens (tertiary/aromatic N) is 5. The Kier molecular flexibility index (Phi) is 5.45. The molecule has 11 heteroatoms. The van der Waals surface area contributed by atoms with Crippen molar-refractivity contribution in [3.63, 3.8) is 0 Å². The van der Waals surface area contributed by atoms with Crippen molar-refractivity contribution in [3.8, 4) is 0 Å². The van der Waals surface area contributed by atoms with Gasteiger partial charge in [-0.15, -0.1) is 10.2 Å². The highest BCUT2D eigenvalue weighted by atomic mass is 32.2. The van der Waals surface area contributed by atoms with Gasteiger partial charge in [-0.25, -0.2) is 4.98 Å². The van der Waals surface area contributed by atoms with E-state index < -0.39 is 0 Å². The first kappa shape index (κ1) is 18.0. The number of carbonyl (C=O) groups excluding carboxylic acids is 1. The SMILES string of the molecule is CC(=O)Nc1nnc(SCc2cc(=O)n3nc(CC(C)C)sc3n2)s1. The van der Waals surface area contributed by atoms with E-state index in [0.717, 1.165) is 11.4 Å². The van der Waals surface area contributed by atoms with Gasteiger partial charge in [-0.1, -0.05) is 48.3 Å². The zero-order chi connectivity index (χ0) is 18.0. The molecule has 1 N–H and O–H groups in total. The van der Waals surface area contributed by atoms with E-state index in [4.69, 9.17) is 0 Å².